The van der Waals surface area contributed by atoms with Crippen molar-refractivity contribution in [2.45, 2.75) is 63.1 Å². The van der Waals surface area contributed by atoms with E-state index in [4.69, 9.17) is 16.3 Å². The lowest BCUT2D eigenvalue weighted by atomic mass is 10.1. The molecule has 1 fully saturated rings. The van der Waals surface area contributed by atoms with Crippen LogP contribution in [0.4, 0.5) is 11.4 Å². The summed E-state index contributed by atoms with van der Waals surface area (Å²) in [6.45, 7) is 2.36. The second kappa shape index (κ2) is 14.6. The van der Waals surface area contributed by atoms with Crippen LogP contribution < -0.4 is 14.4 Å². The van der Waals surface area contributed by atoms with Gasteiger partial charge >= 0.3 is 0 Å². The number of anilines is 1. The molecule has 1 atom stereocenters. The van der Waals surface area contributed by atoms with Gasteiger partial charge in [0.15, 0.2) is 0 Å². The standard InChI is InChI=1S/C31H34BrClN4O7S/c1-20-8-14-26(17-27(20)37(40)41)45(42,43)36(28-16-24(33)13-15-29(28)44-3)19-30(38)35(18-22-9-11-23(32)12-10-22)21(2)31(39)34-25-6-4-5-7-25/h8-17,21,25H,4-7,18-19H2,1-3H3,(H,34,39). The van der Waals surface area contributed by atoms with E-state index in [2.05, 4.69) is 21.2 Å². The zero-order valence-corrected chi connectivity index (χ0v) is 28.2. The summed E-state index contributed by atoms with van der Waals surface area (Å²) >= 11 is 9.67. The number of aryl methyl sites for hydroxylation is 1. The van der Waals surface area contributed by atoms with Crippen molar-refractivity contribution in [3.8, 4) is 5.75 Å². The first-order valence-corrected chi connectivity index (χ1v) is 16.9. The second-order valence-corrected chi connectivity index (χ2v) is 14.1. The van der Waals surface area contributed by atoms with Crippen molar-refractivity contribution >= 4 is 60.7 Å². The average Bonchev–Trinajstić information content (AvgIpc) is 3.52. The Bertz CT molecular complexity index is 1680. The molecule has 3 aromatic carbocycles. The van der Waals surface area contributed by atoms with Crippen LogP contribution in [0.15, 0.2) is 70.0 Å². The fourth-order valence-corrected chi connectivity index (χ4v) is 7.07. The van der Waals surface area contributed by atoms with Crippen molar-refractivity contribution in [2.75, 3.05) is 18.0 Å². The number of hydrogen-bond acceptors (Lipinski definition) is 7. The molecule has 0 saturated heterocycles. The zero-order chi connectivity index (χ0) is 32.9. The third-order valence-corrected chi connectivity index (χ3v) is 10.3. The molecule has 1 aliphatic carbocycles. The van der Waals surface area contributed by atoms with Crippen molar-refractivity contribution < 1.29 is 27.7 Å². The minimum atomic E-state index is -4.61. The minimum absolute atomic E-state index is 0.00880. The van der Waals surface area contributed by atoms with Gasteiger partial charge in [-0.2, -0.15) is 0 Å². The summed E-state index contributed by atoms with van der Waals surface area (Å²) in [6.07, 6.45) is 3.71. The summed E-state index contributed by atoms with van der Waals surface area (Å²) in [5.74, 6) is -0.931. The van der Waals surface area contributed by atoms with Gasteiger partial charge in [0.05, 0.1) is 22.6 Å². The molecule has 0 bridgehead atoms. The van der Waals surface area contributed by atoms with Gasteiger partial charge in [-0.25, -0.2) is 8.42 Å². The molecule has 14 heteroatoms. The number of hydrogen-bond donors (Lipinski definition) is 1. The van der Waals surface area contributed by atoms with Gasteiger partial charge in [-0.3, -0.25) is 24.0 Å². The lowest BCUT2D eigenvalue weighted by Gasteiger charge is -2.33. The number of carbonyl (C=O) groups is 2. The third kappa shape index (κ3) is 8.13. The van der Waals surface area contributed by atoms with E-state index < -0.39 is 44.0 Å². The van der Waals surface area contributed by atoms with Gasteiger partial charge in [-0.15, -0.1) is 0 Å². The number of carbonyl (C=O) groups excluding carboxylic acids is 2. The van der Waals surface area contributed by atoms with E-state index >= 15 is 0 Å². The number of sulfonamides is 1. The Hall–Kier alpha value is -3.68. The van der Waals surface area contributed by atoms with Crippen LogP contribution >= 0.6 is 27.5 Å². The first-order chi connectivity index (χ1) is 21.3. The monoisotopic (exact) mass is 720 g/mol. The number of ether oxygens (including phenoxy) is 1. The van der Waals surface area contributed by atoms with E-state index in [9.17, 15) is 28.1 Å². The molecule has 0 heterocycles. The highest BCUT2D eigenvalue weighted by Gasteiger charge is 2.35. The van der Waals surface area contributed by atoms with Gasteiger partial charge in [0, 0.05) is 33.7 Å². The highest BCUT2D eigenvalue weighted by Crippen LogP contribution is 2.36. The first-order valence-electron chi connectivity index (χ1n) is 14.3. The number of rotatable bonds is 12. The van der Waals surface area contributed by atoms with Gasteiger partial charge in [0.1, 0.15) is 18.3 Å². The molecule has 0 aromatic heterocycles. The summed E-state index contributed by atoms with van der Waals surface area (Å²) in [7, 11) is -3.27. The van der Waals surface area contributed by atoms with Gasteiger partial charge < -0.3 is 15.0 Å². The predicted molar refractivity (Wildman–Crippen MR) is 175 cm³/mol. The molecular formula is C31H34BrClN4O7S. The molecule has 240 valence electrons. The summed E-state index contributed by atoms with van der Waals surface area (Å²) in [4.78, 5) is 39.5. The van der Waals surface area contributed by atoms with Crippen LogP contribution in [-0.4, -0.2) is 55.8 Å². The van der Waals surface area contributed by atoms with Crippen LogP contribution in [0.3, 0.4) is 0 Å². The highest BCUT2D eigenvalue weighted by atomic mass is 79.9. The van der Waals surface area contributed by atoms with Crippen molar-refractivity contribution in [3.05, 3.63) is 91.4 Å². The molecule has 1 saturated carbocycles. The molecule has 45 heavy (non-hydrogen) atoms. The average molecular weight is 722 g/mol. The van der Waals surface area contributed by atoms with E-state index in [0.717, 1.165) is 46.1 Å². The molecule has 1 aliphatic rings. The lowest BCUT2D eigenvalue weighted by Crippen LogP contribution is -2.52. The maximum atomic E-state index is 14.2. The van der Waals surface area contributed by atoms with Crippen LogP contribution in [0.1, 0.15) is 43.7 Å². The zero-order valence-electron chi connectivity index (χ0n) is 25.0. The number of methoxy groups -OCH3 is 1. The van der Waals surface area contributed by atoms with Crippen LogP contribution in [-0.2, 0) is 26.2 Å². The van der Waals surface area contributed by atoms with Crippen LogP contribution in [0.25, 0.3) is 0 Å². The van der Waals surface area contributed by atoms with Crippen LogP contribution in [0, 0.1) is 17.0 Å². The largest absolute Gasteiger partial charge is 0.495 e. The van der Waals surface area contributed by atoms with Gasteiger partial charge in [0.2, 0.25) is 11.8 Å². The number of halogens is 2. The normalized spacial score (nSPS) is 14.1. The Morgan fingerprint density at radius 1 is 1.11 bits per heavy atom. The number of nitrogens with one attached hydrogen (secondary N) is 1. The second-order valence-electron chi connectivity index (χ2n) is 10.8. The molecule has 11 nitrogen and oxygen atoms in total. The summed E-state index contributed by atoms with van der Waals surface area (Å²) in [6, 6.07) is 14.1. The van der Waals surface area contributed by atoms with E-state index in [1.165, 1.54) is 49.3 Å². The molecule has 1 N–H and O–H groups in total. The van der Waals surface area contributed by atoms with Crippen molar-refractivity contribution in [1.82, 2.24) is 10.2 Å². The maximum Gasteiger partial charge on any atom is 0.273 e. The Morgan fingerprint density at radius 2 is 1.78 bits per heavy atom. The van der Waals surface area contributed by atoms with Gasteiger partial charge in [0.25, 0.3) is 15.7 Å². The van der Waals surface area contributed by atoms with Crippen molar-refractivity contribution in [2.24, 2.45) is 0 Å². The summed E-state index contributed by atoms with van der Waals surface area (Å²) in [5.41, 5.74) is 0.545. The topological polar surface area (TPSA) is 139 Å². The number of nitrogens with zero attached hydrogens (tertiary/aromatic N) is 3. The minimum Gasteiger partial charge on any atom is -0.495 e. The molecule has 3 aromatic rings. The Morgan fingerprint density at radius 3 is 2.40 bits per heavy atom. The molecule has 0 radical (unpaired) electrons. The van der Waals surface area contributed by atoms with Gasteiger partial charge in [-0.05, 0) is 68.7 Å². The Labute approximate surface area is 275 Å². The van der Waals surface area contributed by atoms with Crippen LogP contribution in [0.2, 0.25) is 5.02 Å². The smallest absolute Gasteiger partial charge is 0.273 e. The number of benzene rings is 3. The van der Waals surface area contributed by atoms with E-state index in [0.29, 0.717) is 0 Å². The van der Waals surface area contributed by atoms with E-state index in [1.54, 1.807) is 31.2 Å². The lowest BCUT2D eigenvalue weighted by molar-refractivity contribution is -0.385. The predicted octanol–water partition coefficient (Wildman–Crippen LogP) is 6.00. The quantitative estimate of drug-likeness (QED) is 0.179. The fourth-order valence-electron chi connectivity index (χ4n) is 5.21. The molecular weight excluding hydrogens is 688 g/mol. The molecule has 0 spiro atoms. The molecule has 0 aliphatic heterocycles. The Kier molecular flexibility index (Phi) is 11.1. The summed E-state index contributed by atoms with van der Waals surface area (Å²) < 4.78 is 35.5. The first kappa shape index (κ1) is 34.2. The number of nitro groups is 1. The summed E-state index contributed by atoms with van der Waals surface area (Å²) in [5, 5.41) is 14.9. The molecule has 4 rings (SSSR count). The number of nitro benzene ring substituents is 1. The maximum absolute atomic E-state index is 14.2. The van der Waals surface area contributed by atoms with Gasteiger partial charge in [-0.1, -0.05) is 58.6 Å². The third-order valence-electron chi connectivity index (χ3n) is 7.79. The van der Waals surface area contributed by atoms with E-state index in [-0.39, 0.29) is 40.5 Å². The SMILES string of the molecule is COc1ccc(Cl)cc1N(CC(=O)N(Cc1ccc(Br)cc1)C(C)C(=O)NC1CCCC1)S(=O)(=O)c1ccc(C)c([N+](=O)[O-])c1. The Balaban J connectivity index is 1.78. The fraction of sp³-hybridized carbons (Fsp3) is 0.355. The van der Waals surface area contributed by atoms with Crippen LogP contribution in [0.5, 0.6) is 5.75 Å². The van der Waals surface area contributed by atoms with Crippen molar-refractivity contribution in [1.29, 1.82) is 0 Å². The molecule has 2 amide bonds. The highest BCUT2D eigenvalue weighted by molar-refractivity contribution is 9.10. The molecule has 1 unspecified atom stereocenters. The van der Waals surface area contributed by atoms with Crippen molar-refractivity contribution in [3.63, 3.8) is 0 Å². The number of amides is 2. The van der Waals surface area contributed by atoms with E-state index in [1.807, 2.05) is 0 Å².